The van der Waals surface area contributed by atoms with Gasteiger partial charge in [0.2, 0.25) is 5.71 Å². The second-order valence-electron chi connectivity index (χ2n) is 6.91. The minimum absolute atomic E-state index is 0.667. The van der Waals surface area contributed by atoms with Gasteiger partial charge in [-0.2, -0.15) is 14.7 Å². The van der Waals surface area contributed by atoms with E-state index in [1.54, 1.807) is 11.8 Å². The molecule has 0 saturated heterocycles. The van der Waals surface area contributed by atoms with Crippen LogP contribution in [0.1, 0.15) is 34.2 Å². The van der Waals surface area contributed by atoms with Crippen molar-refractivity contribution in [3.8, 4) is 22.7 Å². The van der Waals surface area contributed by atoms with E-state index in [1.165, 1.54) is 0 Å². The SMILES string of the molecule is COc1cc(C)c(-c2c(C)oc3c(-n4nc(C)nc4C)c(C)nn23)cc1C. The fourth-order valence-corrected chi connectivity index (χ4v) is 3.63. The van der Waals surface area contributed by atoms with Crippen LogP contribution in [0.3, 0.4) is 0 Å². The maximum Gasteiger partial charge on any atom is 0.249 e. The molecular weight excluding hydrogens is 342 g/mol. The van der Waals surface area contributed by atoms with Gasteiger partial charge in [0.1, 0.15) is 28.9 Å². The zero-order valence-corrected chi connectivity index (χ0v) is 16.7. The molecule has 0 unspecified atom stereocenters. The van der Waals surface area contributed by atoms with Crippen LogP contribution in [0.15, 0.2) is 16.5 Å². The minimum Gasteiger partial charge on any atom is -0.496 e. The van der Waals surface area contributed by atoms with Gasteiger partial charge in [-0.15, -0.1) is 0 Å². The number of ether oxygens (including phenoxy) is 1. The van der Waals surface area contributed by atoms with E-state index in [4.69, 9.17) is 14.3 Å². The maximum atomic E-state index is 6.16. The van der Waals surface area contributed by atoms with Crippen LogP contribution in [0.5, 0.6) is 5.75 Å². The van der Waals surface area contributed by atoms with Crippen molar-refractivity contribution in [3.63, 3.8) is 0 Å². The van der Waals surface area contributed by atoms with E-state index in [9.17, 15) is 0 Å². The van der Waals surface area contributed by atoms with Crippen molar-refractivity contribution in [2.24, 2.45) is 0 Å². The fraction of sp³-hybridized carbons (Fsp3) is 0.350. The lowest BCUT2D eigenvalue weighted by molar-refractivity contribution is 0.411. The van der Waals surface area contributed by atoms with Gasteiger partial charge in [0, 0.05) is 5.56 Å². The van der Waals surface area contributed by atoms with Crippen LogP contribution in [0.2, 0.25) is 0 Å². The average Bonchev–Trinajstić information content (AvgIpc) is 3.19. The lowest BCUT2D eigenvalue weighted by Gasteiger charge is -2.10. The molecule has 7 heteroatoms. The Bertz CT molecular complexity index is 1180. The summed E-state index contributed by atoms with van der Waals surface area (Å²) >= 11 is 0. The normalized spacial score (nSPS) is 11.5. The molecule has 0 fully saturated rings. The van der Waals surface area contributed by atoms with Gasteiger partial charge < -0.3 is 9.15 Å². The van der Waals surface area contributed by atoms with Gasteiger partial charge >= 0.3 is 0 Å². The number of oxazole rings is 1. The first-order valence-corrected chi connectivity index (χ1v) is 8.86. The zero-order chi connectivity index (χ0) is 19.5. The fourth-order valence-electron chi connectivity index (χ4n) is 3.63. The molecule has 1 aromatic carbocycles. The van der Waals surface area contributed by atoms with Gasteiger partial charge in [-0.05, 0) is 64.8 Å². The Morgan fingerprint density at radius 2 is 1.70 bits per heavy atom. The number of benzene rings is 1. The second kappa shape index (κ2) is 5.97. The third-order valence-corrected chi connectivity index (χ3v) is 4.87. The Kier molecular flexibility index (Phi) is 3.83. The Morgan fingerprint density at radius 1 is 0.963 bits per heavy atom. The molecule has 0 spiro atoms. The Balaban J connectivity index is 2.00. The monoisotopic (exact) mass is 365 g/mol. The van der Waals surface area contributed by atoms with E-state index in [1.807, 2.05) is 45.2 Å². The number of nitrogens with zero attached hydrogens (tertiary/aromatic N) is 5. The first-order valence-electron chi connectivity index (χ1n) is 8.86. The highest BCUT2D eigenvalue weighted by atomic mass is 16.5. The molecule has 0 bridgehead atoms. The van der Waals surface area contributed by atoms with Crippen molar-refractivity contribution in [1.29, 1.82) is 0 Å². The summed E-state index contributed by atoms with van der Waals surface area (Å²) in [7, 11) is 1.69. The molecule has 0 amide bonds. The lowest BCUT2D eigenvalue weighted by Crippen LogP contribution is -2.00. The number of methoxy groups -OCH3 is 1. The number of aromatic nitrogens is 5. The summed E-state index contributed by atoms with van der Waals surface area (Å²) in [6, 6.07) is 4.16. The van der Waals surface area contributed by atoms with Gasteiger partial charge in [0.15, 0.2) is 5.69 Å². The Labute approximate surface area is 157 Å². The predicted molar refractivity (Wildman–Crippen MR) is 103 cm³/mol. The largest absolute Gasteiger partial charge is 0.496 e. The molecule has 4 aromatic rings. The van der Waals surface area contributed by atoms with E-state index in [0.29, 0.717) is 5.71 Å². The van der Waals surface area contributed by atoms with Crippen molar-refractivity contribution in [2.45, 2.75) is 41.5 Å². The molecule has 0 N–H and O–H groups in total. The molecule has 0 radical (unpaired) electrons. The van der Waals surface area contributed by atoms with Crippen molar-refractivity contribution >= 4 is 5.71 Å². The zero-order valence-electron chi connectivity index (χ0n) is 16.7. The minimum atomic E-state index is 0.667. The van der Waals surface area contributed by atoms with Gasteiger partial charge in [-0.25, -0.2) is 9.67 Å². The molecule has 140 valence electrons. The van der Waals surface area contributed by atoms with Gasteiger partial charge in [-0.1, -0.05) is 0 Å². The summed E-state index contributed by atoms with van der Waals surface area (Å²) in [4.78, 5) is 4.41. The molecule has 0 saturated carbocycles. The topological polar surface area (TPSA) is 70.4 Å². The lowest BCUT2D eigenvalue weighted by atomic mass is 10.0. The molecule has 0 aliphatic carbocycles. The molecule has 0 aliphatic heterocycles. The summed E-state index contributed by atoms with van der Waals surface area (Å²) < 4.78 is 15.3. The molecular formula is C20H23N5O2. The van der Waals surface area contributed by atoms with Crippen molar-refractivity contribution in [2.75, 3.05) is 7.11 Å². The van der Waals surface area contributed by atoms with Crippen LogP contribution in [0.4, 0.5) is 0 Å². The Morgan fingerprint density at radius 3 is 2.33 bits per heavy atom. The first-order chi connectivity index (χ1) is 12.8. The molecule has 27 heavy (non-hydrogen) atoms. The van der Waals surface area contributed by atoms with Crippen molar-refractivity contribution < 1.29 is 9.15 Å². The van der Waals surface area contributed by atoms with Crippen molar-refractivity contribution in [1.82, 2.24) is 24.4 Å². The number of hydrogen-bond acceptors (Lipinski definition) is 5. The number of rotatable bonds is 3. The Hall–Kier alpha value is -3.09. The van der Waals surface area contributed by atoms with E-state index in [-0.39, 0.29) is 0 Å². The third kappa shape index (κ3) is 2.53. The van der Waals surface area contributed by atoms with E-state index < -0.39 is 0 Å². The quantitative estimate of drug-likeness (QED) is 0.548. The summed E-state index contributed by atoms with van der Waals surface area (Å²) in [6.45, 7) is 11.8. The number of fused-ring (bicyclic) bond motifs is 1. The van der Waals surface area contributed by atoms with Crippen LogP contribution in [-0.4, -0.2) is 31.5 Å². The van der Waals surface area contributed by atoms with E-state index in [0.717, 1.165) is 56.9 Å². The molecule has 7 nitrogen and oxygen atoms in total. The summed E-state index contributed by atoms with van der Waals surface area (Å²) in [5, 5.41) is 9.26. The molecule has 3 heterocycles. The number of hydrogen-bond donors (Lipinski definition) is 0. The average molecular weight is 365 g/mol. The van der Waals surface area contributed by atoms with Crippen LogP contribution < -0.4 is 4.74 Å². The maximum absolute atomic E-state index is 6.16. The van der Waals surface area contributed by atoms with Gasteiger partial charge in [-0.3, -0.25) is 0 Å². The number of aryl methyl sites for hydroxylation is 6. The molecule has 3 aromatic heterocycles. The molecule has 0 aliphatic rings. The summed E-state index contributed by atoms with van der Waals surface area (Å²) in [5.41, 5.74) is 6.52. The smallest absolute Gasteiger partial charge is 0.249 e. The molecule has 0 atom stereocenters. The van der Waals surface area contributed by atoms with Crippen LogP contribution in [0.25, 0.3) is 22.7 Å². The van der Waals surface area contributed by atoms with Gasteiger partial charge in [0.05, 0.1) is 12.8 Å². The van der Waals surface area contributed by atoms with E-state index >= 15 is 0 Å². The standard InChI is InChI=1S/C20H23N5O2/c1-10-9-17(26-7)11(2)8-16(10)19-13(4)27-20-18(12(3)22-25(19)20)24-15(6)21-14(5)23-24/h8-9H,1-7H3. The van der Waals surface area contributed by atoms with Gasteiger partial charge in [0.25, 0.3) is 0 Å². The van der Waals surface area contributed by atoms with E-state index in [2.05, 4.69) is 23.1 Å². The summed E-state index contributed by atoms with van der Waals surface area (Å²) in [5.74, 6) is 3.20. The van der Waals surface area contributed by atoms with Crippen LogP contribution in [0, 0.1) is 41.5 Å². The van der Waals surface area contributed by atoms with Crippen molar-refractivity contribution in [3.05, 3.63) is 46.4 Å². The van der Waals surface area contributed by atoms with Crippen LogP contribution in [-0.2, 0) is 0 Å². The summed E-state index contributed by atoms with van der Waals surface area (Å²) in [6.07, 6.45) is 0. The van der Waals surface area contributed by atoms with Crippen LogP contribution >= 0.6 is 0 Å². The highest BCUT2D eigenvalue weighted by Crippen LogP contribution is 2.35. The highest BCUT2D eigenvalue weighted by Gasteiger charge is 2.24. The first kappa shape index (κ1) is 17.3. The molecule has 4 rings (SSSR count). The third-order valence-electron chi connectivity index (χ3n) is 4.87. The predicted octanol–water partition coefficient (Wildman–Crippen LogP) is 4.03. The second-order valence-corrected chi connectivity index (χ2v) is 6.91. The highest BCUT2D eigenvalue weighted by molar-refractivity contribution is 5.73.